The Bertz CT molecular complexity index is 704. The maximum Gasteiger partial charge on any atom is 0.267 e. The molecule has 0 bridgehead atoms. The summed E-state index contributed by atoms with van der Waals surface area (Å²) in [4.78, 5) is 39.0. The van der Waals surface area contributed by atoms with E-state index in [0.717, 1.165) is 13.0 Å². The van der Waals surface area contributed by atoms with E-state index < -0.39 is 6.10 Å². The quantitative estimate of drug-likeness (QED) is 0.882. The van der Waals surface area contributed by atoms with Crippen LogP contribution in [0.25, 0.3) is 0 Å². The van der Waals surface area contributed by atoms with Crippen LogP contribution in [0.3, 0.4) is 0 Å². The minimum atomic E-state index is -0.508. The summed E-state index contributed by atoms with van der Waals surface area (Å²) in [5.74, 6) is 0.578. The summed E-state index contributed by atoms with van der Waals surface area (Å²) >= 11 is 0. The largest absolute Gasteiger partial charge is 0.479 e. The Balaban J connectivity index is 1.55. The van der Waals surface area contributed by atoms with E-state index >= 15 is 0 Å². The topological polar surface area (TPSA) is 79.0 Å². The Morgan fingerprint density at radius 2 is 2.16 bits per heavy atom. The standard InChI is InChI=1S/C18H23N3O4/c1-12-18(24)20(2)14-11-13(7-8-15(14)25-12)19-16(22)5-3-9-21-10-4-6-17(21)23/h7-8,11-12H,3-6,9-10H2,1-2H3,(H,19,22). The first kappa shape index (κ1) is 17.3. The second-order valence-corrected chi connectivity index (χ2v) is 6.48. The molecule has 1 saturated heterocycles. The van der Waals surface area contributed by atoms with Crippen molar-refractivity contribution >= 4 is 29.1 Å². The van der Waals surface area contributed by atoms with Crippen molar-refractivity contribution in [2.45, 2.75) is 38.7 Å². The Morgan fingerprint density at radius 3 is 2.88 bits per heavy atom. The lowest BCUT2D eigenvalue weighted by Crippen LogP contribution is -2.41. The molecule has 1 unspecified atom stereocenters. The maximum absolute atomic E-state index is 12.1. The highest BCUT2D eigenvalue weighted by molar-refractivity contribution is 6.00. The summed E-state index contributed by atoms with van der Waals surface area (Å²) in [6, 6.07) is 5.26. The molecule has 1 aromatic rings. The molecule has 134 valence electrons. The average molecular weight is 345 g/mol. The van der Waals surface area contributed by atoms with E-state index in [4.69, 9.17) is 4.74 Å². The van der Waals surface area contributed by atoms with Crippen LogP contribution in [-0.4, -0.2) is 48.9 Å². The fourth-order valence-electron chi connectivity index (χ4n) is 3.18. The summed E-state index contributed by atoms with van der Waals surface area (Å²) in [5.41, 5.74) is 1.27. The van der Waals surface area contributed by atoms with Gasteiger partial charge in [-0.2, -0.15) is 0 Å². The van der Waals surface area contributed by atoms with Gasteiger partial charge in [-0.05, 0) is 38.0 Å². The number of likely N-dealkylation sites (tertiary alicyclic amines) is 1. The molecule has 0 spiro atoms. The number of ether oxygens (including phenoxy) is 1. The summed E-state index contributed by atoms with van der Waals surface area (Å²) in [5, 5.41) is 2.84. The zero-order valence-corrected chi connectivity index (χ0v) is 14.6. The van der Waals surface area contributed by atoms with Crippen LogP contribution in [0.15, 0.2) is 18.2 Å². The van der Waals surface area contributed by atoms with Gasteiger partial charge < -0.3 is 19.9 Å². The van der Waals surface area contributed by atoms with Crippen molar-refractivity contribution in [1.82, 2.24) is 4.90 Å². The molecule has 7 heteroatoms. The van der Waals surface area contributed by atoms with Gasteiger partial charge in [-0.15, -0.1) is 0 Å². The minimum Gasteiger partial charge on any atom is -0.479 e. The highest BCUT2D eigenvalue weighted by Gasteiger charge is 2.29. The van der Waals surface area contributed by atoms with Crippen LogP contribution in [0.5, 0.6) is 5.75 Å². The first-order chi connectivity index (χ1) is 12.0. The number of carbonyl (C=O) groups excluding carboxylic acids is 3. The summed E-state index contributed by atoms with van der Waals surface area (Å²) in [6.07, 6.45) is 2.01. The van der Waals surface area contributed by atoms with Gasteiger partial charge in [0, 0.05) is 38.7 Å². The van der Waals surface area contributed by atoms with E-state index in [1.165, 1.54) is 4.90 Å². The Labute approximate surface area is 146 Å². The van der Waals surface area contributed by atoms with Gasteiger partial charge in [-0.25, -0.2) is 0 Å². The van der Waals surface area contributed by atoms with E-state index in [1.807, 2.05) is 4.90 Å². The molecule has 1 aromatic carbocycles. The predicted molar refractivity (Wildman–Crippen MR) is 93.6 cm³/mol. The third kappa shape index (κ3) is 3.75. The average Bonchev–Trinajstić information content (AvgIpc) is 2.99. The minimum absolute atomic E-state index is 0.106. The summed E-state index contributed by atoms with van der Waals surface area (Å²) in [6.45, 7) is 3.13. The van der Waals surface area contributed by atoms with Crippen LogP contribution < -0.4 is 15.0 Å². The number of hydrogen-bond donors (Lipinski definition) is 1. The molecule has 1 fully saturated rings. The monoisotopic (exact) mass is 345 g/mol. The molecule has 3 amide bonds. The van der Waals surface area contributed by atoms with E-state index in [9.17, 15) is 14.4 Å². The number of nitrogens with zero attached hydrogens (tertiary/aromatic N) is 2. The number of amides is 3. The molecule has 3 rings (SSSR count). The molecule has 7 nitrogen and oxygen atoms in total. The molecule has 2 aliphatic heterocycles. The molecule has 1 atom stereocenters. The molecule has 1 N–H and O–H groups in total. The number of carbonyl (C=O) groups is 3. The Kier molecular flexibility index (Phi) is 4.92. The van der Waals surface area contributed by atoms with E-state index in [-0.39, 0.29) is 17.7 Å². The van der Waals surface area contributed by atoms with Crippen molar-refractivity contribution in [3.63, 3.8) is 0 Å². The molecule has 0 aromatic heterocycles. The molecule has 2 aliphatic rings. The number of hydrogen-bond acceptors (Lipinski definition) is 4. The molecule has 0 saturated carbocycles. The number of benzene rings is 1. The summed E-state index contributed by atoms with van der Waals surface area (Å²) in [7, 11) is 1.69. The first-order valence-electron chi connectivity index (χ1n) is 8.61. The predicted octanol–water partition coefficient (Wildman–Crippen LogP) is 1.77. The molecule has 2 heterocycles. The van der Waals surface area contributed by atoms with Crippen LogP contribution in [0.4, 0.5) is 11.4 Å². The normalized spacial score (nSPS) is 19.7. The molecule has 0 radical (unpaired) electrons. The second kappa shape index (κ2) is 7.13. The van der Waals surface area contributed by atoms with Crippen molar-refractivity contribution in [2.24, 2.45) is 0 Å². The van der Waals surface area contributed by atoms with Crippen LogP contribution >= 0.6 is 0 Å². The van der Waals surface area contributed by atoms with Gasteiger partial charge in [0.25, 0.3) is 5.91 Å². The number of anilines is 2. The fraction of sp³-hybridized carbons (Fsp3) is 0.500. The third-order valence-electron chi connectivity index (χ3n) is 4.59. The van der Waals surface area contributed by atoms with Crippen LogP contribution in [0.2, 0.25) is 0 Å². The van der Waals surface area contributed by atoms with Gasteiger partial charge in [0.2, 0.25) is 11.8 Å². The lowest BCUT2D eigenvalue weighted by Gasteiger charge is -2.30. The molecule has 0 aliphatic carbocycles. The lowest BCUT2D eigenvalue weighted by molar-refractivity contribution is -0.128. The number of nitrogens with one attached hydrogen (secondary N) is 1. The van der Waals surface area contributed by atoms with Gasteiger partial charge in [-0.1, -0.05) is 0 Å². The van der Waals surface area contributed by atoms with Gasteiger partial charge in [0.15, 0.2) is 6.10 Å². The van der Waals surface area contributed by atoms with E-state index in [1.54, 1.807) is 32.2 Å². The number of likely N-dealkylation sites (N-methyl/N-ethyl adjacent to an activating group) is 1. The van der Waals surface area contributed by atoms with Crippen molar-refractivity contribution < 1.29 is 19.1 Å². The maximum atomic E-state index is 12.1. The summed E-state index contributed by atoms with van der Waals surface area (Å²) < 4.78 is 5.56. The van der Waals surface area contributed by atoms with Crippen LogP contribution in [0, 0.1) is 0 Å². The highest BCUT2D eigenvalue weighted by atomic mass is 16.5. The van der Waals surface area contributed by atoms with Crippen LogP contribution in [-0.2, 0) is 14.4 Å². The number of rotatable bonds is 5. The second-order valence-electron chi connectivity index (χ2n) is 6.48. The van der Waals surface area contributed by atoms with E-state index in [2.05, 4.69) is 5.32 Å². The molecular formula is C18H23N3O4. The third-order valence-corrected chi connectivity index (χ3v) is 4.59. The highest BCUT2D eigenvalue weighted by Crippen LogP contribution is 2.35. The smallest absolute Gasteiger partial charge is 0.267 e. The number of fused-ring (bicyclic) bond motifs is 1. The van der Waals surface area contributed by atoms with Crippen molar-refractivity contribution in [3.8, 4) is 5.75 Å². The Morgan fingerprint density at radius 1 is 1.36 bits per heavy atom. The van der Waals surface area contributed by atoms with Crippen LogP contribution in [0.1, 0.15) is 32.6 Å². The molecule has 25 heavy (non-hydrogen) atoms. The van der Waals surface area contributed by atoms with Crippen molar-refractivity contribution in [2.75, 3.05) is 30.4 Å². The van der Waals surface area contributed by atoms with Gasteiger partial charge in [-0.3, -0.25) is 14.4 Å². The van der Waals surface area contributed by atoms with Crippen molar-refractivity contribution in [3.05, 3.63) is 18.2 Å². The van der Waals surface area contributed by atoms with Crippen molar-refractivity contribution in [1.29, 1.82) is 0 Å². The van der Waals surface area contributed by atoms with E-state index in [0.29, 0.717) is 42.9 Å². The zero-order valence-electron chi connectivity index (χ0n) is 14.6. The lowest BCUT2D eigenvalue weighted by atomic mass is 10.1. The van der Waals surface area contributed by atoms with Gasteiger partial charge in [0.05, 0.1) is 5.69 Å². The fourth-order valence-corrected chi connectivity index (χ4v) is 3.18. The first-order valence-corrected chi connectivity index (χ1v) is 8.61. The Hall–Kier alpha value is -2.57. The van der Waals surface area contributed by atoms with Gasteiger partial charge in [0.1, 0.15) is 5.75 Å². The zero-order chi connectivity index (χ0) is 18.0. The SMILES string of the molecule is CC1Oc2ccc(NC(=O)CCCN3CCCC3=O)cc2N(C)C1=O. The molecular weight excluding hydrogens is 322 g/mol. The van der Waals surface area contributed by atoms with Gasteiger partial charge >= 0.3 is 0 Å².